The lowest BCUT2D eigenvalue weighted by atomic mass is 10.0. The van der Waals surface area contributed by atoms with Gasteiger partial charge >= 0.3 is 6.18 Å². The van der Waals surface area contributed by atoms with Crippen LogP contribution in [0, 0.1) is 0 Å². The minimum atomic E-state index is -4.39. The first kappa shape index (κ1) is 14.5. The van der Waals surface area contributed by atoms with E-state index in [-0.39, 0.29) is 0 Å². The van der Waals surface area contributed by atoms with Gasteiger partial charge in [0, 0.05) is 0 Å². The predicted molar refractivity (Wildman–Crippen MR) is 61.7 cm³/mol. The lowest BCUT2D eigenvalue weighted by molar-refractivity contribution is -0.137. The van der Waals surface area contributed by atoms with E-state index in [2.05, 4.69) is 5.32 Å². The summed E-state index contributed by atoms with van der Waals surface area (Å²) in [6.07, 6.45) is -4.39. The molecule has 0 aliphatic rings. The molecule has 1 aromatic carbocycles. The Morgan fingerprint density at radius 1 is 1.33 bits per heavy atom. The summed E-state index contributed by atoms with van der Waals surface area (Å²) >= 11 is 0. The van der Waals surface area contributed by atoms with Crippen LogP contribution in [0.25, 0.3) is 0 Å². The number of rotatable bonds is 3. The Hall–Kier alpha value is -1.56. The molecular weight excluding hydrogens is 245 g/mol. The zero-order valence-electron chi connectivity index (χ0n) is 10.1. The van der Waals surface area contributed by atoms with Crippen LogP contribution in [0.2, 0.25) is 0 Å². The van der Waals surface area contributed by atoms with E-state index in [0.717, 1.165) is 12.1 Å². The third-order valence-electron chi connectivity index (χ3n) is 2.49. The van der Waals surface area contributed by atoms with Gasteiger partial charge in [0.1, 0.15) is 0 Å². The van der Waals surface area contributed by atoms with E-state index in [4.69, 9.17) is 5.73 Å². The molecule has 0 saturated carbocycles. The van der Waals surface area contributed by atoms with Gasteiger partial charge in [-0.05, 0) is 31.5 Å². The fourth-order valence-corrected chi connectivity index (χ4v) is 1.41. The van der Waals surface area contributed by atoms with E-state index in [1.807, 2.05) is 0 Å². The van der Waals surface area contributed by atoms with Crippen LogP contribution in [-0.2, 0) is 11.0 Å². The molecule has 1 rings (SSSR count). The van der Waals surface area contributed by atoms with E-state index in [1.54, 1.807) is 6.92 Å². The summed E-state index contributed by atoms with van der Waals surface area (Å²) in [5, 5.41) is 2.54. The molecule has 1 unspecified atom stereocenters. The number of carbonyl (C=O) groups is 1. The molecule has 0 heterocycles. The van der Waals surface area contributed by atoms with Crippen molar-refractivity contribution in [2.45, 2.75) is 32.1 Å². The van der Waals surface area contributed by atoms with E-state index >= 15 is 0 Å². The maximum Gasteiger partial charge on any atom is 0.416 e. The monoisotopic (exact) mass is 260 g/mol. The molecule has 6 heteroatoms. The van der Waals surface area contributed by atoms with Crippen LogP contribution in [0.3, 0.4) is 0 Å². The summed E-state index contributed by atoms with van der Waals surface area (Å²) < 4.78 is 37.5. The number of carbonyl (C=O) groups excluding carboxylic acids is 1. The zero-order chi connectivity index (χ0) is 13.9. The minimum Gasteiger partial charge on any atom is -0.348 e. The first-order valence-electron chi connectivity index (χ1n) is 5.45. The first-order chi connectivity index (χ1) is 8.21. The van der Waals surface area contributed by atoms with Crippen LogP contribution in [0.15, 0.2) is 24.3 Å². The Bertz CT molecular complexity index is 430. The number of benzene rings is 1. The molecule has 0 radical (unpaired) electrons. The van der Waals surface area contributed by atoms with Crippen molar-refractivity contribution in [2.24, 2.45) is 5.73 Å². The molecule has 0 aliphatic heterocycles. The molecule has 3 nitrogen and oxygen atoms in total. The summed E-state index contributed by atoms with van der Waals surface area (Å²) in [5.74, 6) is -0.403. The molecule has 100 valence electrons. The fourth-order valence-electron chi connectivity index (χ4n) is 1.41. The van der Waals surface area contributed by atoms with Gasteiger partial charge in [-0.15, -0.1) is 0 Å². The summed E-state index contributed by atoms with van der Waals surface area (Å²) in [7, 11) is 0. The average molecular weight is 260 g/mol. The Balaban J connectivity index is 2.87. The number of amides is 1. The Labute approximate surface area is 103 Å². The van der Waals surface area contributed by atoms with Gasteiger partial charge in [-0.2, -0.15) is 13.2 Å². The molecule has 0 saturated heterocycles. The van der Waals surface area contributed by atoms with Crippen molar-refractivity contribution >= 4 is 5.91 Å². The van der Waals surface area contributed by atoms with Crippen LogP contribution in [0.5, 0.6) is 0 Å². The minimum absolute atomic E-state index is 0.388. The van der Waals surface area contributed by atoms with Crippen LogP contribution < -0.4 is 11.1 Å². The van der Waals surface area contributed by atoms with Gasteiger partial charge in [-0.25, -0.2) is 0 Å². The van der Waals surface area contributed by atoms with Crippen LogP contribution in [-0.4, -0.2) is 11.9 Å². The zero-order valence-corrected chi connectivity index (χ0v) is 10.1. The molecule has 0 bridgehead atoms. The molecule has 2 atom stereocenters. The second-order valence-electron chi connectivity index (χ2n) is 4.14. The lowest BCUT2D eigenvalue weighted by Gasteiger charge is -2.17. The summed E-state index contributed by atoms with van der Waals surface area (Å²) in [6, 6.07) is 3.63. The van der Waals surface area contributed by atoms with Crippen molar-refractivity contribution in [3.63, 3.8) is 0 Å². The molecule has 0 aliphatic carbocycles. The van der Waals surface area contributed by atoms with Gasteiger partial charge in [0.05, 0.1) is 17.6 Å². The smallest absolute Gasteiger partial charge is 0.348 e. The molecule has 1 amide bonds. The molecule has 0 spiro atoms. The summed E-state index contributed by atoms with van der Waals surface area (Å²) in [5.41, 5.74) is 5.02. The van der Waals surface area contributed by atoms with Crippen molar-refractivity contribution in [2.75, 3.05) is 0 Å². The van der Waals surface area contributed by atoms with Gasteiger partial charge < -0.3 is 11.1 Å². The third-order valence-corrected chi connectivity index (χ3v) is 2.49. The van der Waals surface area contributed by atoms with Crippen LogP contribution >= 0.6 is 0 Å². The number of alkyl halides is 3. The predicted octanol–water partition coefficient (Wildman–Crippen LogP) is 2.23. The highest BCUT2D eigenvalue weighted by Crippen LogP contribution is 2.30. The quantitative estimate of drug-likeness (QED) is 0.875. The van der Waals surface area contributed by atoms with Crippen LogP contribution in [0.4, 0.5) is 13.2 Å². The normalized spacial score (nSPS) is 15.0. The van der Waals surface area contributed by atoms with Crippen molar-refractivity contribution in [3.8, 4) is 0 Å². The number of hydrogen-bond acceptors (Lipinski definition) is 2. The maximum atomic E-state index is 12.5. The van der Waals surface area contributed by atoms with Gasteiger partial charge in [-0.3, -0.25) is 4.79 Å². The summed E-state index contributed by atoms with van der Waals surface area (Å²) in [6.45, 7) is 3.12. The highest BCUT2D eigenvalue weighted by atomic mass is 19.4. The van der Waals surface area contributed by atoms with E-state index in [1.165, 1.54) is 19.1 Å². The number of hydrogen-bond donors (Lipinski definition) is 2. The summed E-state index contributed by atoms with van der Waals surface area (Å²) in [4.78, 5) is 11.4. The highest BCUT2D eigenvalue weighted by molar-refractivity contribution is 5.81. The van der Waals surface area contributed by atoms with E-state index in [9.17, 15) is 18.0 Å². The maximum absolute atomic E-state index is 12.5. The van der Waals surface area contributed by atoms with E-state index in [0.29, 0.717) is 5.56 Å². The Morgan fingerprint density at radius 3 is 2.44 bits per heavy atom. The van der Waals surface area contributed by atoms with Gasteiger partial charge in [0.15, 0.2) is 0 Å². The number of halogens is 3. The van der Waals surface area contributed by atoms with Crippen molar-refractivity contribution in [1.29, 1.82) is 0 Å². The van der Waals surface area contributed by atoms with Crippen molar-refractivity contribution in [1.82, 2.24) is 5.32 Å². The number of nitrogens with two attached hydrogens (primary N) is 1. The highest BCUT2D eigenvalue weighted by Gasteiger charge is 2.30. The molecule has 18 heavy (non-hydrogen) atoms. The largest absolute Gasteiger partial charge is 0.416 e. The molecular formula is C12H15F3N2O. The van der Waals surface area contributed by atoms with E-state index < -0.39 is 29.7 Å². The van der Waals surface area contributed by atoms with Gasteiger partial charge in [0.25, 0.3) is 0 Å². The van der Waals surface area contributed by atoms with Crippen molar-refractivity contribution < 1.29 is 18.0 Å². The SMILES string of the molecule is CC(NC(=O)[C@@H](C)N)c1cccc(C(F)(F)F)c1. The molecule has 3 N–H and O–H groups in total. The Morgan fingerprint density at radius 2 is 1.94 bits per heavy atom. The van der Waals surface area contributed by atoms with Gasteiger partial charge in [-0.1, -0.05) is 12.1 Å². The second kappa shape index (κ2) is 5.39. The first-order valence-corrected chi connectivity index (χ1v) is 5.45. The van der Waals surface area contributed by atoms with Crippen LogP contribution in [0.1, 0.15) is 31.0 Å². The second-order valence-corrected chi connectivity index (χ2v) is 4.14. The molecule has 0 aromatic heterocycles. The van der Waals surface area contributed by atoms with Gasteiger partial charge in [0.2, 0.25) is 5.91 Å². The standard InChI is InChI=1S/C12H15F3N2O/c1-7(16)11(18)17-8(2)9-4-3-5-10(6-9)12(13,14)15/h3-8H,16H2,1-2H3,(H,17,18)/t7-,8?/m1/s1. The Kier molecular flexibility index (Phi) is 4.34. The average Bonchev–Trinajstić information content (AvgIpc) is 2.27. The van der Waals surface area contributed by atoms with Crippen molar-refractivity contribution in [3.05, 3.63) is 35.4 Å². The topological polar surface area (TPSA) is 55.1 Å². The fraction of sp³-hybridized carbons (Fsp3) is 0.417. The third kappa shape index (κ3) is 3.73. The number of nitrogens with one attached hydrogen (secondary N) is 1. The lowest BCUT2D eigenvalue weighted by Crippen LogP contribution is -2.39. The molecule has 0 fully saturated rings. The molecule has 1 aromatic rings.